The molecule has 1 aromatic heterocycles. The van der Waals surface area contributed by atoms with E-state index in [9.17, 15) is 4.79 Å². The molecule has 5 nitrogen and oxygen atoms in total. The molecule has 150 valence electrons. The molecule has 0 saturated carbocycles. The van der Waals surface area contributed by atoms with Crippen LogP contribution in [0.1, 0.15) is 21.5 Å². The third-order valence-corrected chi connectivity index (χ3v) is 6.38. The molecule has 0 aliphatic carbocycles. The number of aromatic nitrogens is 2. The van der Waals surface area contributed by atoms with Crippen molar-refractivity contribution in [2.75, 3.05) is 31.1 Å². The van der Waals surface area contributed by atoms with Gasteiger partial charge in [-0.1, -0.05) is 36.0 Å². The summed E-state index contributed by atoms with van der Waals surface area (Å²) in [4.78, 5) is 21.7. The normalized spacial score (nSPS) is 14.3. The number of nitrogens with zero attached hydrogens (tertiary/aromatic N) is 4. The van der Waals surface area contributed by atoms with Crippen LogP contribution in [0.5, 0.6) is 0 Å². The summed E-state index contributed by atoms with van der Waals surface area (Å²) in [7, 11) is 1.99. The van der Waals surface area contributed by atoms with Crippen LogP contribution >= 0.6 is 11.8 Å². The Kier molecular flexibility index (Phi) is 5.90. The van der Waals surface area contributed by atoms with E-state index in [4.69, 9.17) is 0 Å². The number of carbonyl (C=O) groups excluding carboxylic acids is 1. The number of thioether (sulfide) groups is 1. The van der Waals surface area contributed by atoms with Crippen molar-refractivity contribution in [3.05, 3.63) is 77.6 Å². The van der Waals surface area contributed by atoms with Crippen LogP contribution in [0.4, 0.5) is 5.69 Å². The van der Waals surface area contributed by atoms with Gasteiger partial charge in [0.15, 0.2) is 5.16 Å². The molecule has 0 bridgehead atoms. The molecule has 3 aromatic rings. The van der Waals surface area contributed by atoms with E-state index in [0.29, 0.717) is 0 Å². The van der Waals surface area contributed by atoms with Gasteiger partial charge in [-0.2, -0.15) is 0 Å². The first-order valence-electron chi connectivity index (χ1n) is 9.90. The summed E-state index contributed by atoms with van der Waals surface area (Å²) in [6.07, 6.45) is 3.75. The van der Waals surface area contributed by atoms with Gasteiger partial charge in [0.05, 0.1) is 0 Å². The summed E-state index contributed by atoms with van der Waals surface area (Å²) in [6, 6.07) is 16.6. The molecule has 0 unspecified atom stereocenters. The Bertz CT molecular complexity index is 992. The molecule has 29 heavy (non-hydrogen) atoms. The van der Waals surface area contributed by atoms with Gasteiger partial charge >= 0.3 is 0 Å². The minimum absolute atomic E-state index is 0.123. The second kappa shape index (κ2) is 8.74. The average Bonchev–Trinajstić information content (AvgIpc) is 3.17. The number of hydrogen-bond acceptors (Lipinski definition) is 4. The molecule has 1 saturated heterocycles. The van der Waals surface area contributed by atoms with Crippen molar-refractivity contribution in [2.45, 2.75) is 17.8 Å². The number of amides is 1. The lowest BCUT2D eigenvalue weighted by molar-refractivity contribution is 0.0746. The van der Waals surface area contributed by atoms with E-state index in [0.717, 1.165) is 48.2 Å². The zero-order valence-electron chi connectivity index (χ0n) is 16.9. The molecule has 6 heteroatoms. The monoisotopic (exact) mass is 406 g/mol. The van der Waals surface area contributed by atoms with Gasteiger partial charge in [-0.3, -0.25) is 4.79 Å². The van der Waals surface area contributed by atoms with Crippen LogP contribution in [0, 0.1) is 6.92 Å². The number of imidazole rings is 1. The molecule has 0 N–H and O–H groups in total. The maximum absolute atomic E-state index is 13.0. The van der Waals surface area contributed by atoms with Crippen molar-refractivity contribution in [3.63, 3.8) is 0 Å². The maximum Gasteiger partial charge on any atom is 0.253 e. The molecule has 0 radical (unpaired) electrons. The van der Waals surface area contributed by atoms with Gasteiger partial charge in [-0.15, -0.1) is 0 Å². The number of hydrogen-bond donors (Lipinski definition) is 0. The Labute approximate surface area is 176 Å². The summed E-state index contributed by atoms with van der Waals surface area (Å²) in [6.45, 7) is 5.34. The summed E-state index contributed by atoms with van der Waals surface area (Å²) in [5.74, 6) is 0.922. The Hall–Kier alpha value is -2.73. The number of benzene rings is 2. The molecule has 1 aliphatic heterocycles. The third kappa shape index (κ3) is 4.65. The Morgan fingerprint density at radius 1 is 1.07 bits per heavy atom. The zero-order valence-corrected chi connectivity index (χ0v) is 17.7. The molecular weight excluding hydrogens is 380 g/mol. The molecule has 1 amide bonds. The fourth-order valence-electron chi connectivity index (χ4n) is 3.61. The Morgan fingerprint density at radius 2 is 1.86 bits per heavy atom. The van der Waals surface area contributed by atoms with Crippen LogP contribution in [0.25, 0.3) is 0 Å². The Balaban J connectivity index is 1.37. The van der Waals surface area contributed by atoms with Crippen molar-refractivity contribution in [2.24, 2.45) is 7.05 Å². The lowest BCUT2D eigenvalue weighted by Gasteiger charge is -2.36. The summed E-state index contributed by atoms with van der Waals surface area (Å²) >= 11 is 1.68. The average molecular weight is 407 g/mol. The first kappa shape index (κ1) is 19.6. The molecule has 4 rings (SSSR count). The van der Waals surface area contributed by atoms with E-state index in [-0.39, 0.29) is 5.91 Å². The van der Waals surface area contributed by atoms with E-state index in [1.54, 1.807) is 18.0 Å². The van der Waals surface area contributed by atoms with Gasteiger partial charge in [-0.05, 0) is 42.3 Å². The molecule has 2 heterocycles. The van der Waals surface area contributed by atoms with Crippen molar-refractivity contribution in [1.82, 2.24) is 14.5 Å². The molecular formula is C23H26N4OS. The van der Waals surface area contributed by atoms with Crippen LogP contribution in [-0.2, 0) is 12.8 Å². The first-order chi connectivity index (χ1) is 14.1. The molecule has 1 fully saturated rings. The third-order valence-electron chi connectivity index (χ3n) is 5.25. The highest BCUT2D eigenvalue weighted by Gasteiger charge is 2.22. The lowest BCUT2D eigenvalue weighted by atomic mass is 10.1. The van der Waals surface area contributed by atoms with E-state index in [2.05, 4.69) is 47.1 Å². The predicted octanol–water partition coefficient (Wildman–Crippen LogP) is 3.98. The van der Waals surface area contributed by atoms with Gasteiger partial charge in [-0.25, -0.2) is 4.98 Å². The smallest absolute Gasteiger partial charge is 0.253 e. The predicted molar refractivity (Wildman–Crippen MR) is 119 cm³/mol. The number of carbonyl (C=O) groups is 1. The van der Waals surface area contributed by atoms with E-state index in [1.165, 1.54) is 11.3 Å². The quantitative estimate of drug-likeness (QED) is 0.601. The van der Waals surface area contributed by atoms with Gasteiger partial charge in [0.2, 0.25) is 0 Å². The highest BCUT2D eigenvalue weighted by atomic mass is 32.2. The lowest BCUT2D eigenvalue weighted by Crippen LogP contribution is -2.48. The first-order valence-corrected chi connectivity index (χ1v) is 10.9. The van der Waals surface area contributed by atoms with Gasteiger partial charge in [0.25, 0.3) is 5.91 Å². The molecule has 0 atom stereocenters. The SMILES string of the molecule is Cc1cccc(N2CCN(C(=O)c3cccc(CSc4nccn4C)c3)CC2)c1. The van der Waals surface area contributed by atoms with Crippen LogP contribution < -0.4 is 4.90 Å². The fourth-order valence-corrected chi connectivity index (χ4v) is 4.48. The fraction of sp³-hybridized carbons (Fsp3) is 0.304. The van der Waals surface area contributed by atoms with Gasteiger partial charge in [0.1, 0.15) is 0 Å². The van der Waals surface area contributed by atoms with Crippen LogP contribution in [-0.4, -0.2) is 46.5 Å². The van der Waals surface area contributed by atoms with Crippen molar-refractivity contribution in [1.29, 1.82) is 0 Å². The van der Waals surface area contributed by atoms with E-state index >= 15 is 0 Å². The van der Waals surface area contributed by atoms with Crippen LogP contribution in [0.15, 0.2) is 66.1 Å². The summed E-state index contributed by atoms with van der Waals surface area (Å²) < 4.78 is 2.01. The molecule has 2 aromatic carbocycles. The largest absolute Gasteiger partial charge is 0.368 e. The molecule has 1 aliphatic rings. The van der Waals surface area contributed by atoms with Gasteiger partial charge < -0.3 is 14.4 Å². The number of aryl methyl sites for hydroxylation is 2. The van der Waals surface area contributed by atoms with E-state index < -0.39 is 0 Å². The second-order valence-electron chi connectivity index (χ2n) is 7.43. The number of rotatable bonds is 5. The minimum Gasteiger partial charge on any atom is -0.368 e. The maximum atomic E-state index is 13.0. The standard InChI is InChI=1S/C23H26N4OS/c1-18-5-3-8-21(15-18)26-11-13-27(14-12-26)22(28)20-7-4-6-19(16-20)17-29-23-24-9-10-25(23)2/h3-10,15-16H,11-14,17H2,1-2H3. The van der Waals surface area contributed by atoms with Crippen molar-refractivity contribution < 1.29 is 4.79 Å². The van der Waals surface area contributed by atoms with Crippen LogP contribution in [0.3, 0.4) is 0 Å². The number of anilines is 1. The van der Waals surface area contributed by atoms with Crippen molar-refractivity contribution in [3.8, 4) is 0 Å². The summed E-state index contributed by atoms with van der Waals surface area (Å²) in [5, 5.41) is 0.981. The molecule has 0 spiro atoms. The Morgan fingerprint density at radius 3 is 2.59 bits per heavy atom. The highest BCUT2D eigenvalue weighted by Crippen LogP contribution is 2.22. The highest BCUT2D eigenvalue weighted by molar-refractivity contribution is 7.98. The zero-order chi connectivity index (χ0) is 20.2. The van der Waals surface area contributed by atoms with Gasteiger partial charge in [0, 0.05) is 62.6 Å². The topological polar surface area (TPSA) is 41.4 Å². The second-order valence-corrected chi connectivity index (χ2v) is 8.37. The summed E-state index contributed by atoms with van der Waals surface area (Å²) in [5.41, 5.74) is 4.42. The van der Waals surface area contributed by atoms with E-state index in [1.807, 2.05) is 40.9 Å². The van der Waals surface area contributed by atoms with Crippen molar-refractivity contribution >= 4 is 23.4 Å². The van der Waals surface area contributed by atoms with Crippen LogP contribution in [0.2, 0.25) is 0 Å². The minimum atomic E-state index is 0.123. The number of piperazine rings is 1.